The van der Waals surface area contributed by atoms with Crippen molar-refractivity contribution >= 4 is 47.3 Å². The van der Waals surface area contributed by atoms with Crippen LogP contribution >= 0.6 is 21.3 Å². The number of benzene rings is 1. The molecule has 0 saturated carbocycles. The van der Waals surface area contributed by atoms with E-state index in [-0.39, 0.29) is 0 Å². The molecule has 5 heteroatoms. The molecule has 0 spiro atoms. The monoisotopic (exact) mass is 330 g/mol. The molecule has 1 rings (SSSR count). The zero-order chi connectivity index (χ0) is 14.0. The van der Waals surface area contributed by atoms with Crippen LogP contribution in [0.1, 0.15) is 0 Å². The van der Waals surface area contributed by atoms with Crippen LogP contribution in [0.25, 0.3) is 0 Å². The van der Waals surface area contributed by atoms with Gasteiger partial charge in [0.25, 0.3) is 0 Å². The second-order valence-electron chi connectivity index (χ2n) is 6.74. The van der Waals surface area contributed by atoms with Crippen LogP contribution in [-0.2, 0) is 0 Å². The highest BCUT2D eigenvalue weighted by Crippen LogP contribution is 2.42. The summed E-state index contributed by atoms with van der Waals surface area (Å²) in [5.74, 6) is 0. The Balaban J connectivity index is 3.09. The molecule has 0 aliphatic heterocycles. The normalized spacial score (nSPS) is 13.7. The SMILES string of the molecule is C[Si](C)(C)S[Si](C)(S[Si](C)(C)C)c1ccccc1. The molecule has 0 atom stereocenters. The summed E-state index contributed by atoms with van der Waals surface area (Å²) in [6, 6.07) is 11.3. The van der Waals surface area contributed by atoms with Crippen molar-refractivity contribution in [2.45, 2.75) is 45.8 Å². The van der Waals surface area contributed by atoms with E-state index in [0.717, 1.165) is 0 Å². The van der Waals surface area contributed by atoms with E-state index in [2.05, 4.69) is 97.5 Å². The molecule has 102 valence electrons. The number of hydrogen-bond donors (Lipinski definition) is 0. The van der Waals surface area contributed by atoms with Crippen LogP contribution in [0, 0.1) is 0 Å². The molecule has 0 unspecified atom stereocenters. The fraction of sp³-hybridized carbons (Fsp3) is 0.538. The Hall–Kier alpha value is 0.571. The molecule has 0 radical (unpaired) electrons. The lowest BCUT2D eigenvalue weighted by molar-refractivity contribution is 1.76. The third-order valence-electron chi connectivity index (χ3n) is 2.30. The maximum absolute atomic E-state index is 2.56. The fourth-order valence-corrected chi connectivity index (χ4v) is 55.7. The second-order valence-corrected chi connectivity index (χ2v) is 36.0. The first kappa shape index (κ1) is 16.6. The van der Waals surface area contributed by atoms with Gasteiger partial charge in [0.15, 0.2) is 6.37 Å². The Morgan fingerprint density at radius 1 is 0.667 bits per heavy atom. The standard InChI is InChI=1S/C13H26S2Si3/c1-16(2,3)14-18(7,15-17(4,5)6)13-11-9-8-10-12-13/h8-12H,1-7H3. The third-order valence-corrected chi connectivity index (χ3v) is 35.6. The van der Waals surface area contributed by atoms with Crippen molar-refractivity contribution in [3.8, 4) is 0 Å². The van der Waals surface area contributed by atoms with E-state index >= 15 is 0 Å². The van der Waals surface area contributed by atoms with Crippen LogP contribution in [0.5, 0.6) is 0 Å². The van der Waals surface area contributed by atoms with Gasteiger partial charge in [-0.05, 0) is 11.7 Å². The van der Waals surface area contributed by atoms with E-state index in [4.69, 9.17) is 0 Å². The Labute approximate surface area is 123 Å². The highest BCUT2D eigenvalue weighted by Gasteiger charge is 2.40. The molecule has 0 nitrogen and oxygen atoms in total. The third kappa shape index (κ3) is 5.69. The Bertz CT molecular complexity index is 363. The Morgan fingerprint density at radius 2 is 1.06 bits per heavy atom. The van der Waals surface area contributed by atoms with Crippen LogP contribution in [0.4, 0.5) is 0 Å². The average Bonchev–Trinajstić information content (AvgIpc) is 2.13. The van der Waals surface area contributed by atoms with Gasteiger partial charge in [-0.3, -0.25) is 0 Å². The topological polar surface area (TPSA) is 0 Å². The summed E-state index contributed by atoms with van der Waals surface area (Å²) >= 11 is 0. The first-order chi connectivity index (χ1) is 8.02. The van der Waals surface area contributed by atoms with Crippen LogP contribution < -0.4 is 5.19 Å². The minimum atomic E-state index is -1.44. The highest BCUT2D eigenvalue weighted by atomic mass is 32.7. The molecule has 0 amide bonds. The first-order valence-electron chi connectivity index (χ1n) is 6.48. The van der Waals surface area contributed by atoms with Gasteiger partial charge in [-0.1, -0.05) is 69.6 Å². The highest BCUT2D eigenvalue weighted by molar-refractivity contribution is 8.76. The van der Waals surface area contributed by atoms with Crippen LogP contribution in [0.2, 0.25) is 45.8 Å². The van der Waals surface area contributed by atoms with Gasteiger partial charge in [0.1, 0.15) is 14.4 Å². The molecular formula is C13H26S2Si3. The molecule has 0 saturated heterocycles. The van der Waals surface area contributed by atoms with E-state index in [9.17, 15) is 0 Å². The molecule has 0 aromatic heterocycles. The summed E-state index contributed by atoms with van der Waals surface area (Å²) in [5, 5.41) is 1.62. The zero-order valence-electron chi connectivity index (χ0n) is 12.7. The Morgan fingerprint density at radius 3 is 1.39 bits per heavy atom. The summed E-state index contributed by atoms with van der Waals surface area (Å²) in [6.07, 6.45) is -1.44. The van der Waals surface area contributed by atoms with Crippen molar-refractivity contribution in [2.75, 3.05) is 0 Å². The lowest BCUT2D eigenvalue weighted by atomic mass is 10.4. The van der Waals surface area contributed by atoms with Crippen molar-refractivity contribution in [1.29, 1.82) is 0 Å². The molecule has 1 aromatic carbocycles. The quantitative estimate of drug-likeness (QED) is 0.689. The molecule has 0 N–H and O–H groups in total. The molecule has 18 heavy (non-hydrogen) atoms. The van der Waals surface area contributed by atoms with Crippen molar-refractivity contribution in [3.63, 3.8) is 0 Å². The molecule has 0 heterocycles. The molecule has 0 bridgehead atoms. The molecular weight excluding hydrogens is 305 g/mol. The van der Waals surface area contributed by atoms with E-state index in [0.29, 0.717) is 0 Å². The largest absolute Gasteiger partial charge is 0.193 e. The minimum absolute atomic E-state index is 1.10. The molecule has 0 aliphatic carbocycles. The Kier molecular flexibility index (Phi) is 5.46. The van der Waals surface area contributed by atoms with E-state index in [1.54, 1.807) is 5.19 Å². The summed E-state index contributed by atoms with van der Waals surface area (Å²) in [6.45, 7) is 17.5. The molecule has 1 aromatic rings. The smallest absolute Gasteiger partial charge is 0.191 e. The van der Waals surface area contributed by atoms with Gasteiger partial charge in [0, 0.05) is 0 Å². The van der Waals surface area contributed by atoms with E-state index < -0.39 is 20.8 Å². The molecule has 0 aliphatic rings. The van der Waals surface area contributed by atoms with Gasteiger partial charge in [0.2, 0.25) is 0 Å². The average molecular weight is 331 g/mol. The van der Waals surface area contributed by atoms with Crippen LogP contribution in [0.15, 0.2) is 30.3 Å². The maximum atomic E-state index is 2.56. The van der Waals surface area contributed by atoms with E-state index in [1.807, 2.05) is 0 Å². The van der Waals surface area contributed by atoms with Gasteiger partial charge >= 0.3 is 0 Å². The molecule has 0 fully saturated rings. The van der Waals surface area contributed by atoms with Gasteiger partial charge in [0.05, 0.1) is 0 Å². The zero-order valence-corrected chi connectivity index (χ0v) is 17.3. The van der Waals surface area contributed by atoms with Gasteiger partial charge < -0.3 is 0 Å². The number of hydrogen-bond acceptors (Lipinski definition) is 2. The number of rotatable bonds is 5. The van der Waals surface area contributed by atoms with Crippen molar-refractivity contribution < 1.29 is 0 Å². The minimum Gasteiger partial charge on any atom is -0.191 e. The van der Waals surface area contributed by atoms with Crippen molar-refractivity contribution in [2.24, 2.45) is 0 Å². The first-order valence-corrected chi connectivity index (χ1v) is 20.5. The summed E-state index contributed by atoms with van der Waals surface area (Å²) in [7, 11) is 2.53. The predicted octanol–water partition coefficient (Wildman–Crippen LogP) is 5.10. The predicted molar refractivity (Wildman–Crippen MR) is 99.6 cm³/mol. The summed E-state index contributed by atoms with van der Waals surface area (Å²) < 4.78 is 0. The maximum Gasteiger partial charge on any atom is 0.193 e. The van der Waals surface area contributed by atoms with Gasteiger partial charge in [-0.2, -0.15) is 21.3 Å². The van der Waals surface area contributed by atoms with Gasteiger partial charge in [-0.25, -0.2) is 0 Å². The lowest BCUT2D eigenvalue weighted by Gasteiger charge is -2.36. The van der Waals surface area contributed by atoms with Crippen LogP contribution in [0.3, 0.4) is 0 Å². The van der Waals surface area contributed by atoms with Crippen molar-refractivity contribution in [1.82, 2.24) is 0 Å². The summed E-state index contributed by atoms with van der Waals surface area (Å²) in [4.78, 5) is 0. The van der Waals surface area contributed by atoms with Crippen LogP contribution in [-0.4, -0.2) is 20.8 Å². The summed E-state index contributed by atoms with van der Waals surface area (Å²) in [5.41, 5.74) is 0. The van der Waals surface area contributed by atoms with Gasteiger partial charge in [-0.15, -0.1) is 0 Å². The lowest BCUT2D eigenvalue weighted by Crippen LogP contribution is -2.46. The fourth-order valence-electron chi connectivity index (χ4n) is 2.05. The van der Waals surface area contributed by atoms with Crippen molar-refractivity contribution in [3.05, 3.63) is 30.3 Å². The van der Waals surface area contributed by atoms with E-state index in [1.165, 1.54) is 0 Å². The second kappa shape index (κ2) is 5.91.